The molecule has 0 aliphatic heterocycles. The summed E-state index contributed by atoms with van der Waals surface area (Å²) in [5.74, 6) is 0.601. The zero-order chi connectivity index (χ0) is 11.5. The lowest BCUT2D eigenvalue weighted by Gasteiger charge is -2.06. The molecule has 2 rings (SSSR count). The molecule has 3 nitrogen and oxygen atoms in total. The molecule has 0 aliphatic carbocycles. The maximum Gasteiger partial charge on any atom is 0.145 e. The van der Waals surface area contributed by atoms with E-state index in [-0.39, 0.29) is 0 Å². The van der Waals surface area contributed by atoms with E-state index in [0.29, 0.717) is 5.82 Å². The predicted octanol–water partition coefficient (Wildman–Crippen LogP) is 2.38. The third kappa shape index (κ3) is 2.24. The van der Waals surface area contributed by atoms with Gasteiger partial charge in [-0.3, -0.25) is 4.68 Å². The maximum atomic E-state index is 5.70. The predicted molar refractivity (Wildman–Crippen MR) is 66.3 cm³/mol. The molecule has 1 aromatic carbocycles. The topological polar surface area (TPSA) is 43.8 Å². The molecule has 3 heteroatoms. The van der Waals surface area contributed by atoms with Crippen molar-refractivity contribution in [3.8, 4) is 0 Å². The zero-order valence-electron chi connectivity index (χ0n) is 9.77. The number of aromatic nitrogens is 2. The van der Waals surface area contributed by atoms with Crippen LogP contribution in [-0.2, 0) is 13.0 Å². The minimum absolute atomic E-state index is 0.601. The molecule has 0 unspecified atom stereocenters. The van der Waals surface area contributed by atoms with E-state index in [0.717, 1.165) is 13.0 Å². The van der Waals surface area contributed by atoms with E-state index in [9.17, 15) is 0 Å². The van der Waals surface area contributed by atoms with Crippen molar-refractivity contribution in [2.75, 3.05) is 5.73 Å². The van der Waals surface area contributed by atoms with Crippen molar-refractivity contribution in [1.82, 2.24) is 9.78 Å². The minimum Gasteiger partial charge on any atom is -0.382 e. The molecule has 0 atom stereocenters. The maximum absolute atomic E-state index is 5.70. The summed E-state index contributed by atoms with van der Waals surface area (Å²) >= 11 is 0. The van der Waals surface area contributed by atoms with Gasteiger partial charge >= 0.3 is 0 Å². The van der Waals surface area contributed by atoms with E-state index >= 15 is 0 Å². The highest BCUT2D eigenvalue weighted by atomic mass is 15.3. The molecule has 84 valence electrons. The number of anilines is 1. The largest absolute Gasteiger partial charge is 0.382 e. The Labute approximate surface area is 95.9 Å². The first-order valence-electron chi connectivity index (χ1n) is 5.57. The summed E-state index contributed by atoms with van der Waals surface area (Å²) in [6.07, 6.45) is 0.954. The van der Waals surface area contributed by atoms with Gasteiger partial charge in [-0.05, 0) is 18.9 Å². The van der Waals surface area contributed by atoms with Gasteiger partial charge in [0, 0.05) is 11.8 Å². The lowest BCUT2D eigenvalue weighted by atomic mass is 10.1. The van der Waals surface area contributed by atoms with Gasteiger partial charge < -0.3 is 5.73 Å². The highest BCUT2D eigenvalue weighted by Gasteiger charge is 2.04. The molecule has 2 aromatic rings. The normalized spacial score (nSPS) is 10.6. The molecule has 0 spiro atoms. The van der Waals surface area contributed by atoms with Crippen LogP contribution < -0.4 is 5.73 Å². The molecule has 1 heterocycles. The molecule has 0 amide bonds. The van der Waals surface area contributed by atoms with Gasteiger partial charge in [-0.15, -0.1) is 0 Å². The number of nitrogens with two attached hydrogens (primary N) is 1. The Kier molecular flexibility index (Phi) is 2.95. The number of rotatable bonds is 3. The molecular weight excluding hydrogens is 198 g/mol. The van der Waals surface area contributed by atoms with Gasteiger partial charge in [0.15, 0.2) is 0 Å². The van der Waals surface area contributed by atoms with E-state index in [2.05, 4.69) is 43.2 Å². The minimum atomic E-state index is 0.601. The van der Waals surface area contributed by atoms with Crippen LogP contribution in [-0.4, -0.2) is 9.78 Å². The number of benzene rings is 1. The SMILES string of the molecule is CCc1cc(N)nn1Cc1ccc(C)cc1. The zero-order valence-corrected chi connectivity index (χ0v) is 9.77. The number of hydrogen-bond donors (Lipinski definition) is 1. The second-order valence-corrected chi connectivity index (χ2v) is 4.06. The van der Waals surface area contributed by atoms with Gasteiger partial charge in [0.1, 0.15) is 5.82 Å². The Balaban J connectivity index is 2.22. The molecule has 0 fully saturated rings. The van der Waals surface area contributed by atoms with Crippen molar-refractivity contribution in [3.05, 3.63) is 47.2 Å². The van der Waals surface area contributed by atoms with Crippen molar-refractivity contribution in [3.63, 3.8) is 0 Å². The molecule has 2 N–H and O–H groups in total. The molecule has 0 aliphatic rings. The molecule has 0 radical (unpaired) electrons. The van der Waals surface area contributed by atoms with E-state index in [1.807, 2.05) is 10.7 Å². The van der Waals surface area contributed by atoms with Gasteiger partial charge in [-0.25, -0.2) is 0 Å². The van der Waals surface area contributed by atoms with E-state index in [1.165, 1.54) is 16.8 Å². The van der Waals surface area contributed by atoms with E-state index in [4.69, 9.17) is 5.73 Å². The van der Waals surface area contributed by atoms with Crippen molar-refractivity contribution >= 4 is 5.82 Å². The van der Waals surface area contributed by atoms with Crippen LogP contribution >= 0.6 is 0 Å². The average molecular weight is 215 g/mol. The monoisotopic (exact) mass is 215 g/mol. The highest BCUT2D eigenvalue weighted by molar-refractivity contribution is 5.30. The van der Waals surface area contributed by atoms with Crippen molar-refractivity contribution in [2.45, 2.75) is 26.8 Å². The lowest BCUT2D eigenvalue weighted by Crippen LogP contribution is -2.05. The Hall–Kier alpha value is -1.77. The fourth-order valence-corrected chi connectivity index (χ4v) is 1.77. The standard InChI is InChI=1S/C13H17N3/c1-3-12-8-13(14)15-16(12)9-11-6-4-10(2)5-7-11/h4-8H,3,9H2,1-2H3,(H2,14,15). The molecule has 16 heavy (non-hydrogen) atoms. The van der Waals surface area contributed by atoms with Gasteiger partial charge in [-0.2, -0.15) is 5.10 Å². The molecule has 1 aromatic heterocycles. The number of nitrogen functional groups attached to an aromatic ring is 1. The Morgan fingerprint density at radius 1 is 1.25 bits per heavy atom. The smallest absolute Gasteiger partial charge is 0.145 e. The first kappa shape index (κ1) is 10.7. The van der Waals surface area contributed by atoms with Crippen LogP contribution in [0.4, 0.5) is 5.82 Å². The summed E-state index contributed by atoms with van der Waals surface area (Å²) in [5.41, 5.74) is 9.41. The molecule has 0 saturated heterocycles. The van der Waals surface area contributed by atoms with E-state index in [1.54, 1.807) is 0 Å². The summed E-state index contributed by atoms with van der Waals surface area (Å²) in [5, 5.41) is 4.29. The molecule has 0 saturated carbocycles. The van der Waals surface area contributed by atoms with Crippen LogP contribution in [0.2, 0.25) is 0 Å². The molecular formula is C13H17N3. The number of hydrogen-bond acceptors (Lipinski definition) is 2. The number of aryl methyl sites for hydroxylation is 2. The second-order valence-electron chi connectivity index (χ2n) is 4.06. The second kappa shape index (κ2) is 4.39. The summed E-state index contributed by atoms with van der Waals surface area (Å²) in [6, 6.07) is 10.4. The first-order valence-corrected chi connectivity index (χ1v) is 5.57. The quantitative estimate of drug-likeness (QED) is 0.854. The fourth-order valence-electron chi connectivity index (χ4n) is 1.77. The highest BCUT2D eigenvalue weighted by Crippen LogP contribution is 2.11. The van der Waals surface area contributed by atoms with Crippen LogP contribution in [0.5, 0.6) is 0 Å². The van der Waals surface area contributed by atoms with Crippen LogP contribution in [0.25, 0.3) is 0 Å². The van der Waals surface area contributed by atoms with Gasteiger partial charge in [0.25, 0.3) is 0 Å². The first-order chi connectivity index (χ1) is 7.69. The Morgan fingerprint density at radius 3 is 2.56 bits per heavy atom. The van der Waals surface area contributed by atoms with Crippen LogP contribution in [0.3, 0.4) is 0 Å². The molecule has 0 bridgehead atoms. The van der Waals surface area contributed by atoms with E-state index < -0.39 is 0 Å². The summed E-state index contributed by atoms with van der Waals surface area (Å²) in [4.78, 5) is 0. The van der Waals surface area contributed by atoms with Crippen LogP contribution in [0, 0.1) is 6.92 Å². The van der Waals surface area contributed by atoms with Gasteiger partial charge in [0.2, 0.25) is 0 Å². The Bertz CT molecular complexity index is 468. The Morgan fingerprint density at radius 2 is 1.94 bits per heavy atom. The third-order valence-corrected chi connectivity index (χ3v) is 2.70. The summed E-state index contributed by atoms with van der Waals surface area (Å²) < 4.78 is 1.97. The lowest BCUT2D eigenvalue weighted by molar-refractivity contribution is 0.652. The summed E-state index contributed by atoms with van der Waals surface area (Å²) in [7, 11) is 0. The van der Waals surface area contributed by atoms with Crippen molar-refractivity contribution in [2.24, 2.45) is 0 Å². The van der Waals surface area contributed by atoms with Crippen LogP contribution in [0.1, 0.15) is 23.7 Å². The van der Waals surface area contributed by atoms with Crippen molar-refractivity contribution in [1.29, 1.82) is 0 Å². The average Bonchev–Trinajstić information content (AvgIpc) is 2.62. The van der Waals surface area contributed by atoms with Crippen LogP contribution in [0.15, 0.2) is 30.3 Å². The summed E-state index contributed by atoms with van der Waals surface area (Å²) in [6.45, 7) is 5.00. The number of nitrogens with zero attached hydrogens (tertiary/aromatic N) is 2. The fraction of sp³-hybridized carbons (Fsp3) is 0.308. The third-order valence-electron chi connectivity index (χ3n) is 2.70. The van der Waals surface area contributed by atoms with Gasteiger partial charge in [0.05, 0.1) is 6.54 Å². The van der Waals surface area contributed by atoms with Crippen molar-refractivity contribution < 1.29 is 0 Å². The van der Waals surface area contributed by atoms with Gasteiger partial charge in [-0.1, -0.05) is 36.8 Å².